The second-order valence-corrected chi connectivity index (χ2v) is 9.17. The van der Waals surface area contributed by atoms with Crippen LogP contribution in [0.3, 0.4) is 0 Å². The number of nitrogens with one attached hydrogen (secondary N) is 2. The van der Waals surface area contributed by atoms with Gasteiger partial charge in [-0.3, -0.25) is 19.7 Å². The van der Waals surface area contributed by atoms with Crippen molar-refractivity contribution in [2.24, 2.45) is 17.6 Å². The number of amides is 2. The molecule has 1 saturated carbocycles. The molecule has 1 aromatic rings. The number of aromatic nitrogens is 1. The van der Waals surface area contributed by atoms with Crippen molar-refractivity contribution in [3.05, 3.63) is 21.7 Å². The molecule has 1 saturated heterocycles. The van der Waals surface area contributed by atoms with Gasteiger partial charge in [0.2, 0.25) is 11.7 Å². The molecule has 206 valence electrons. The molecule has 0 aromatic carbocycles. The van der Waals surface area contributed by atoms with Crippen LogP contribution < -0.4 is 21.3 Å². The van der Waals surface area contributed by atoms with Gasteiger partial charge in [0.1, 0.15) is 5.82 Å². The Bertz CT molecular complexity index is 1020. The van der Waals surface area contributed by atoms with Crippen molar-refractivity contribution < 1.29 is 40.9 Å². The highest BCUT2D eigenvalue weighted by atomic mass is 19.4. The lowest BCUT2D eigenvalue weighted by Gasteiger charge is -2.35. The van der Waals surface area contributed by atoms with Crippen LogP contribution in [0.5, 0.6) is 0 Å². The number of hydrogen-bond acceptors (Lipinski definition) is 7. The highest BCUT2D eigenvalue weighted by Crippen LogP contribution is 2.39. The third kappa shape index (κ3) is 7.13. The molecule has 1 aliphatic heterocycles. The third-order valence-electron chi connectivity index (χ3n) is 6.64. The van der Waals surface area contributed by atoms with Crippen LogP contribution in [0, 0.1) is 22.0 Å². The zero-order chi connectivity index (χ0) is 27.5. The van der Waals surface area contributed by atoms with Crippen LogP contribution in [0.25, 0.3) is 0 Å². The summed E-state index contributed by atoms with van der Waals surface area (Å²) in [6, 6.07) is 0.264. The van der Waals surface area contributed by atoms with Crippen LogP contribution in [0.15, 0.2) is 6.07 Å². The summed E-state index contributed by atoms with van der Waals surface area (Å²) in [5, 5.41) is 16.6. The number of rotatable bonds is 7. The van der Waals surface area contributed by atoms with Gasteiger partial charge in [-0.25, -0.2) is 4.98 Å². The molecular weight excluding hydrogens is 514 g/mol. The zero-order valence-electron chi connectivity index (χ0n) is 19.5. The first-order valence-electron chi connectivity index (χ1n) is 11.6. The molecule has 37 heavy (non-hydrogen) atoms. The maximum Gasteiger partial charge on any atom is 0.391 e. The molecule has 4 N–H and O–H groups in total. The lowest BCUT2D eigenvalue weighted by molar-refractivity contribution is -0.384. The maximum absolute atomic E-state index is 13.1. The van der Waals surface area contributed by atoms with E-state index in [2.05, 4.69) is 15.6 Å². The topological polar surface area (TPSA) is 143 Å². The Kier molecular flexibility index (Phi) is 8.37. The summed E-state index contributed by atoms with van der Waals surface area (Å²) in [7, 11) is 0. The number of alkyl halides is 6. The number of carbonyl (C=O) groups excluding carboxylic acids is 2. The lowest BCUT2D eigenvalue weighted by Crippen LogP contribution is -2.42. The largest absolute Gasteiger partial charge is 0.391 e. The summed E-state index contributed by atoms with van der Waals surface area (Å²) >= 11 is 0. The normalized spacial score (nSPS) is 21.4. The fourth-order valence-electron chi connectivity index (χ4n) is 4.59. The van der Waals surface area contributed by atoms with E-state index in [1.807, 2.05) is 0 Å². The summed E-state index contributed by atoms with van der Waals surface area (Å²) in [5.74, 6) is -5.29. The van der Waals surface area contributed by atoms with Crippen LogP contribution in [0.2, 0.25) is 0 Å². The van der Waals surface area contributed by atoms with E-state index in [-0.39, 0.29) is 63.0 Å². The number of pyridine rings is 1. The molecule has 0 unspecified atom stereocenters. The summed E-state index contributed by atoms with van der Waals surface area (Å²) < 4.78 is 78.2. The Morgan fingerprint density at radius 3 is 2.05 bits per heavy atom. The number of nitrogens with two attached hydrogens (primary N) is 1. The molecule has 1 aliphatic carbocycles. The van der Waals surface area contributed by atoms with Crippen LogP contribution in [0.4, 0.5) is 43.7 Å². The van der Waals surface area contributed by atoms with Gasteiger partial charge in [-0.1, -0.05) is 0 Å². The molecule has 2 heterocycles. The molecule has 2 aliphatic rings. The van der Waals surface area contributed by atoms with E-state index in [9.17, 15) is 46.0 Å². The second kappa shape index (κ2) is 11.0. The Labute approximate surface area is 207 Å². The molecule has 0 bridgehead atoms. The minimum absolute atomic E-state index is 0.0377. The summed E-state index contributed by atoms with van der Waals surface area (Å²) in [6.07, 6.45) is -9.65. The first-order chi connectivity index (χ1) is 17.2. The number of nitrogens with zero attached hydrogens (tertiary/aromatic N) is 3. The Morgan fingerprint density at radius 1 is 1.03 bits per heavy atom. The smallest absolute Gasteiger partial charge is 0.368 e. The third-order valence-corrected chi connectivity index (χ3v) is 6.64. The number of anilines is 2. The number of primary amides is 1. The summed E-state index contributed by atoms with van der Waals surface area (Å²) in [6.45, 7) is -0.833. The van der Waals surface area contributed by atoms with E-state index < -0.39 is 65.0 Å². The fraction of sp³-hybridized carbons (Fsp3) is 0.667. The second-order valence-electron chi connectivity index (χ2n) is 9.17. The molecule has 16 heteroatoms. The van der Waals surface area contributed by atoms with E-state index in [1.165, 1.54) is 4.90 Å². The van der Waals surface area contributed by atoms with Crippen molar-refractivity contribution in [1.29, 1.82) is 0 Å². The average Bonchev–Trinajstić information content (AvgIpc) is 2.81. The van der Waals surface area contributed by atoms with E-state index in [0.717, 1.165) is 6.07 Å². The van der Waals surface area contributed by atoms with Gasteiger partial charge in [0, 0.05) is 25.2 Å². The van der Waals surface area contributed by atoms with Crippen molar-refractivity contribution >= 4 is 29.1 Å². The van der Waals surface area contributed by atoms with E-state index in [0.29, 0.717) is 0 Å². The van der Waals surface area contributed by atoms with Crippen LogP contribution in [0.1, 0.15) is 48.9 Å². The van der Waals surface area contributed by atoms with Gasteiger partial charge in [-0.15, -0.1) is 0 Å². The molecule has 0 spiro atoms. The summed E-state index contributed by atoms with van der Waals surface area (Å²) in [5.41, 5.74) is 4.09. The first-order valence-corrected chi connectivity index (χ1v) is 11.6. The molecule has 2 amide bonds. The quantitative estimate of drug-likeness (QED) is 0.273. The molecule has 0 radical (unpaired) electrons. The SMILES string of the molecule is NC(=O)CNc1nc(N2CCC(C(F)(F)F)CC2)c(C(=O)NC2CCC(C(F)(F)F)CC2)cc1[N+](=O)[O-]. The van der Waals surface area contributed by atoms with Crippen molar-refractivity contribution in [2.45, 2.75) is 56.9 Å². The van der Waals surface area contributed by atoms with E-state index in [4.69, 9.17) is 5.73 Å². The molecule has 3 rings (SSSR count). The molecule has 0 atom stereocenters. The molecular formula is C21H26F6N6O4. The maximum atomic E-state index is 13.1. The minimum atomic E-state index is -4.40. The minimum Gasteiger partial charge on any atom is -0.368 e. The molecule has 2 fully saturated rings. The molecule has 10 nitrogen and oxygen atoms in total. The first kappa shape index (κ1) is 28.2. The van der Waals surface area contributed by atoms with Crippen molar-refractivity contribution in [2.75, 3.05) is 29.9 Å². The van der Waals surface area contributed by atoms with Gasteiger partial charge in [0.05, 0.1) is 28.9 Å². The highest BCUT2D eigenvalue weighted by molar-refractivity contribution is 6.00. The van der Waals surface area contributed by atoms with Gasteiger partial charge in [-0.05, 0) is 38.5 Å². The van der Waals surface area contributed by atoms with E-state index in [1.54, 1.807) is 0 Å². The predicted molar refractivity (Wildman–Crippen MR) is 119 cm³/mol. The van der Waals surface area contributed by atoms with Crippen molar-refractivity contribution in [3.63, 3.8) is 0 Å². The highest BCUT2D eigenvalue weighted by Gasteiger charge is 2.43. The van der Waals surface area contributed by atoms with Gasteiger partial charge < -0.3 is 21.3 Å². The number of nitro groups is 1. The number of piperidine rings is 1. The zero-order valence-corrected chi connectivity index (χ0v) is 19.5. The van der Waals surface area contributed by atoms with Crippen LogP contribution >= 0.6 is 0 Å². The number of halogens is 6. The van der Waals surface area contributed by atoms with Crippen molar-refractivity contribution in [1.82, 2.24) is 10.3 Å². The summed E-state index contributed by atoms with van der Waals surface area (Å²) in [4.78, 5) is 40.6. The lowest BCUT2D eigenvalue weighted by atomic mass is 9.85. The monoisotopic (exact) mass is 540 g/mol. The standard InChI is InChI=1S/C21H26F6N6O4/c22-20(23,24)11-1-3-13(4-2-11)30-19(35)14-9-15(33(36)37)17(29-10-16(28)34)31-18(14)32-7-5-12(6-8-32)21(25,26)27/h9,11-13H,1-8,10H2,(H2,28,34)(H,29,31)(H,30,35). The molecule has 1 aromatic heterocycles. The van der Waals surface area contributed by atoms with Gasteiger partial charge in [0.15, 0.2) is 0 Å². The Morgan fingerprint density at radius 2 is 1.57 bits per heavy atom. The van der Waals surface area contributed by atoms with E-state index >= 15 is 0 Å². The van der Waals surface area contributed by atoms with Gasteiger partial charge >= 0.3 is 18.0 Å². The average molecular weight is 540 g/mol. The van der Waals surface area contributed by atoms with Gasteiger partial charge in [-0.2, -0.15) is 26.3 Å². The number of carbonyl (C=O) groups is 2. The van der Waals surface area contributed by atoms with Crippen molar-refractivity contribution in [3.8, 4) is 0 Å². The Hall–Kier alpha value is -3.33. The Balaban J connectivity index is 1.88. The predicted octanol–water partition coefficient (Wildman–Crippen LogP) is 3.52. The number of hydrogen-bond donors (Lipinski definition) is 3. The fourth-order valence-corrected chi connectivity index (χ4v) is 4.59. The van der Waals surface area contributed by atoms with Gasteiger partial charge in [0.25, 0.3) is 5.91 Å². The van der Waals surface area contributed by atoms with Crippen LogP contribution in [-0.2, 0) is 4.79 Å². The van der Waals surface area contributed by atoms with Crippen LogP contribution in [-0.4, -0.2) is 59.8 Å².